The second kappa shape index (κ2) is 7.94. The molecule has 3 fully saturated rings. The predicted octanol–water partition coefficient (Wildman–Crippen LogP) is 1.43. The van der Waals surface area contributed by atoms with Crippen molar-refractivity contribution in [2.45, 2.75) is 79.9 Å². The van der Waals surface area contributed by atoms with E-state index in [9.17, 15) is 23.6 Å². The quantitative estimate of drug-likeness (QED) is 0.518. The van der Waals surface area contributed by atoms with Crippen molar-refractivity contribution in [3.63, 3.8) is 0 Å². The van der Waals surface area contributed by atoms with Crippen LogP contribution in [-0.4, -0.2) is 54.0 Å². The SMILES string of the molecule is CC1(C)C(O)c2cc(NC3NN([C@H]4CCCC[C@@H]4C#N)C4CCNC(=O)C34)ccc2S1(=O)=O. The Balaban J connectivity index is 1.44. The summed E-state index contributed by atoms with van der Waals surface area (Å²) in [6, 6.07) is 7.39. The number of aliphatic hydroxyl groups is 1. The highest BCUT2D eigenvalue weighted by Gasteiger charge is 2.53. The van der Waals surface area contributed by atoms with Crippen LogP contribution in [0, 0.1) is 23.2 Å². The van der Waals surface area contributed by atoms with Crippen LogP contribution in [0.3, 0.4) is 0 Å². The summed E-state index contributed by atoms with van der Waals surface area (Å²) in [7, 11) is -3.63. The van der Waals surface area contributed by atoms with Crippen molar-refractivity contribution in [1.82, 2.24) is 15.8 Å². The number of hydrazine groups is 1. The minimum Gasteiger partial charge on any atom is -0.387 e. The molecule has 9 nitrogen and oxygen atoms in total. The maximum absolute atomic E-state index is 12.9. The number of carbonyl (C=O) groups is 1. The molecule has 33 heavy (non-hydrogen) atoms. The lowest BCUT2D eigenvalue weighted by Crippen LogP contribution is -2.54. The van der Waals surface area contributed by atoms with Gasteiger partial charge in [0, 0.05) is 29.9 Å². The maximum atomic E-state index is 12.9. The van der Waals surface area contributed by atoms with Crippen LogP contribution in [0.15, 0.2) is 23.1 Å². The van der Waals surface area contributed by atoms with Gasteiger partial charge in [0.2, 0.25) is 5.91 Å². The van der Waals surface area contributed by atoms with Gasteiger partial charge >= 0.3 is 0 Å². The number of fused-ring (bicyclic) bond motifs is 2. The van der Waals surface area contributed by atoms with Crippen LogP contribution in [-0.2, 0) is 14.6 Å². The number of piperidine rings is 1. The smallest absolute Gasteiger partial charge is 0.228 e. The van der Waals surface area contributed by atoms with Crippen LogP contribution in [0.2, 0.25) is 0 Å². The highest BCUT2D eigenvalue weighted by atomic mass is 32.2. The van der Waals surface area contributed by atoms with Gasteiger partial charge in [-0.15, -0.1) is 0 Å². The number of benzene rings is 1. The van der Waals surface area contributed by atoms with E-state index in [-0.39, 0.29) is 34.7 Å². The second-order valence-corrected chi connectivity index (χ2v) is 12.7. The first-order valence-electron chi connectivity index (χ1n) is 11.7. The molecule has 0 spiro atoms. The molecule has 0 aromatic heterocycles. The molecule has 4 N–H and O–H groups in total. The molecular formula is C23H31N5O4S. The summed E-state index contributed by atoms with van der Waals surface area (Å²) in [5, 5.41) is 28.9. The second-order valence-electron chi connectivity index (χ2n) is 10.2. The Morgan fingerprint density at radius 2 is 1.97 bits per heavy atom. The Bertz CT molecular complexity index is 1110. The first-order chi connectivity index (χ1) is 15.7. The molecular weight excluding hydrogens is 442 g/mol. The summed E-state index contributed by atoms with van der Waals surface area (Å²) in [4.78, 5) is 13.0. The molecule has 6 atom stereocenters. The van der Waals surface area contributed by atoms with E-state index in [1.54, 1.807) is 12.1 Å². The average Bonchev–Trinajstić information content (AvgIpc) is 3.22. The van der Waals surface area contributed by atoms with Crippen LogP contribution in [0.5, 0.6) is 0 Å². The van der Waals surface area contributed by atoms with E-state index in [0.29, 0.717) is 17.8 Å². The Hall–Kier alpha value is -2.19. The number of hydrogen-bond acceptors (Lipinski definition) is 8. The number of sulfone groups is 1. The van der Waals surface area contributed by atoms with Crippen molar-refractivity contribution in [2.75, 3.05) is 11.9 Å². The minimum absolute atomic E-state index is 0.0190. The number of nitriles is 1. The van der Waals surface area contributed by atoms with E-state index in [0.717, 1.165) is 32.1 Å². The summed E-state index contributed by atoms with van der Waals surface area (Å²) in [5.41, 5.74) is 4.50. The van der Waals surface area contributed by atoms with Gasteiger partial charge in [-0.2, -0.15) is 5.26 Å². The Labute approximate surface area is 194 Å². The van der Waals surface area contributed by atoms with Crippen LogP contribution in [0.25, 0.3) is 0 Å². The molecule has 3 heterocycles. The molecule has 1 amide bonds. The van der Waals surface area contributed by atoms with Crippen molar-refractivity contribution in [2.24, 2.45) is 11.8 Å². The van der Waals surface area contributed by atoms with Gasteiger partial charge < -0.3 is 15.7 Å². The molecule has 10 heteroatoms. The summed E-state index contributed by atoms with van der Waals surface area (Å²) < 4.78 is 24.3. The van der Waals surface area contributed by atoms with Gasteiger partial charge in [0.15, 0.2) is 9.84 Å². The summed E-state index contributed by atoms with van der Waals surface area (Å²) in [6.07, 6.45) is 3.17. The third-order valence-electron chi connectivity index (χ3n) is 7.98. The number of rotatable bonds is 3. The first kappa shape index (κ1) is 22.6. The molecule has 178 valence electrons. The third kappa shape index (κ3) is 3.36. The zero-order valence-corrected chi connectivity index (χ0v) is 19.7. The number of hydrogen-bond donors (Lipinski definition) is 4. The lowest BCUT2D eigenvalue weighted by atomic mass is 9.83. The Morgan fingerprint density at radius 3 is 2.73 bits per heavy atom. The van der Waals surface area contributed by atoms with Crippen molar-refractivity contribution < 1.29 is 18.3 Å². The number of aliphatic hydroxyl groups excluding tert-OH is 1. The Morgan fingerprint density at radius 1 is 1.21 bits per heavy atom. The zero-order chi connectivity index (χ0) is 23.5. The van der Waals surface area contributed by atoms with Gasteiger partial charge in [0.05, 0.1) is 28.9 Å². The third-order valence-corrected chi connectivity index (χ3v) is 10.5. The normalized spacial score (nSPS) is 37.0. The average molecular weight is 474 g/mol. The molecule has 1 saturated carbocycles. The van der Waals surface area contributed by atoms with Crippen LogP contribution >= 0.6 is 0 Å². The Kier molecular flexibility index (Phi) is 5.44. The van der Waals surface area contributed by atoms with Crippen LogP contribution < -0.4 is 16.1 Å². The van der Waals surface area contributed by atoms with Gasteiger partial charge in [-0.05, 0) is 51.3 Å². The molecule has 4 aliphatic rings. The highest BCUT2D eigenvalue weighted by Crippen LogP contribution is 2.47. The van der Waals surface area contributed by atoms with Crippen LogP contribution in [0.1, 0.15) is 57.6 Å². The highest BCUT2D eigenvalue weighted by molar-refractivity contribution is 7.93. The number of nitrogens with one attached hydrogen (secondary N) is 3. The van der Waals surface area contributed by atoms with Crippen molar-refractivity contribution in [3.05, 3.63) is 23.8 Å². The summed E-state index contributed by atoms with van der Waals surface area (Å²) in [5.74, 6) is -0.454. The minimum atomic E-state index is -3.63. The molecule has 4 unspecified atom stereocenters. The largest absolute Gasteiger partial charge is 0.387 e. The number of anilines is 1. The monoisotopic (exact) mass is 473 g/mol. The van der Waals surface area contributed by atoms with Crippen molar-refractivity contribution in [3.8, 4) is 6.07 Å². The van der Waals surface area contributed by atoms with E-state index >= 15 is 0 Å². The molecule has 5 rings (SSSR count). The molecule has 1 aromatic carbocycles. The van der Waals surface area contributed by atoms with E-state index in [1.807, 2.05) is 0 Å². The standard InChI is InChI=1S/C23H31N5O4S/c1-23(2)20(29)15-11-14(7-8-18(15)33(23,31)32)26-21-19-17(9-10-25-22(19)30)28(27-21)16-6-4-3-5-13(16)12-24/h7-8,11,13,16-17,19-21,26-27,29H,3-6,9-10H2,1-2H3,(H,25,30)/t13-,16+,17?,19?,20?,21?/m1/s1. The lowest BCUT2D eigenvalue weighted by molar-refractivity contribution is -0.128. The zero-order valence-electron chi connectivity index (χ0n) is 18.9. The molecule has 3 aliphatic heterocycles. The molecule has 1 aliphatic carbocycles. The molecule has 0 radical (unpaired) electrons. The van der Waals surface area contributed by atoms with E-state index in [1.165, 1.54) is 19.9 Å². The molecule has 2 saturated heterocycles. The molecule has 1 aromatic rings. The van der Waals surface area contributed by atoms with E-state index in [2.05, 4.69) is 27.1 Å². The van der Waals surface area contributed by atoms with Crippen molar-refractivity contribution in [1.29, 1.82) is 5.26 Å². The predicted molar refractivity (Wildman–Crippen MR) is 121 cm³/mol. The van der Waals surface area contributed by atoms with E-state index in [4.69, 9.17) is 0 Å². The van der Waals surface area contributed by atoms with E-state index < -0.39 is 26.9 Å². The fraction of sp³-hybridized carbons (Fsp3) is 0.652. The first-order valence-corrected chi connectivity index (χ1v) is 13.2. The van der Waals surface area contributed by atoms with Gasteiger partial charge in [-0.3, -0.25) is 4.79 Å². The van der Waals surface area contributed by atoms with Gasteiger partial charge in [0.1, 0.15) is 10.9 Å². The maximum Gasteiger partial charge on any atom is 0.228 e. The van der Waals surface area contributed by atoms with Crippen LogP contribution in [0.4, 0.5) is 5.69 Å². The van der Waals surface area contributed by atoms with Gasteiger partial charge in [-0.25, -0.2) is 18.9 Å². The number of amides is 1. The number of nitrogens with zero attached hydrogens (tertiary/aromatic N) is 2. The topological polar surface area (TPSA) is 135 Å². The van der Waals surface area contributed by atoms with Gasteiger partial charge in [0.25, 0.3) is 0 Å². The number of carbonyl (C=O) groups excluding carboxylic acids is 1. The fourth-order valence-corrected chi connectivity index (χ4v) is 7.69. The van der Waals surface area contributed by atoms with Gasteiger partial charge in [-0.1, -0.05) is 12.8 Å². The molecule has 0 bridgehead atoms. The fourth-order valence-electron chi connectivity index (χ4n) is 5.98. The summed E-state index contributed by atoms with van der Waals surface area (Å²) >= 11 is 0. The summed E-state index contributed by atoms with van der Waals surface area (Å²) in [6.45, 7) is 3.67. The van der Waals surface area contributed by atoms with Crippen molar-refractivity contribution >= 4 is 21.4 Å². The lowest BCUT2D eigenvalue weighted by Gasteiger charge is -2.39.